The Balaban J connectivity index is 0.000000736. The van der Waals surface area contributed by atoms with Gasteiger partial charge >= 0.3 is 99.0 Å². The van der Waals surface area contributed by atoms with Crippen LogP contribution in [0.4, 0.5) is 42.2 Å². The Labute approximate surface area is 804 Å². The summed E-state index contributed by atoms with van der Waals surface area (Å²) in [7, 11) is -16.5. The van der Waals surface area contributed by atoms with Crippen molar-refractivity contribution in [1.29, 1.82) is 0 Å². The largest absolute Gasteiger partial charge is 2.00 e. The monoisotopic (exact) mass is 2010 g/mol. The molecule has 0 saturated heterocycles. The predicted molar refractivity (Wildman–Crippen MR) is 463 cm³/mol. The number of hydrogen-bond donors (Lipinski definition) is 0. The molecule has 0 unspecified atom stereocenters. The topological polar surface area (TPSA) is 307 Å². The van der Waals surface area contributed by atoms with Gasteiger partial charge in [0.05, 0.1) is 19.7 Å². The van der Waals surface area contributed by atoms with Crippen LogP contribution in [0, 0.1) is 113 Å². The molecule has 8 aromatic heterocycles. The summed E-state index contributed by atoms with van der Waals surface area (Å²) in [6, 6.07) is 102. The van der Waals surface area contributed by atoms with Crippen LogP contribution in [0.5, 0.6) is 0 Å². The zero-order chi connectivity index (χ0) is 92.2. The Kier molecular flexibility index (Phi) is 51.5. The van der Waals surface area contributed by atoms with E-state index in [9.17, 15) is 25.2 Å². The number of halogens is 8. The van der Waals surface area contributed by atoms with Gasteiger partial charge in [0, 0.05) is 95.1 Å². The van der Waals surface area contributed by atoms with Crippen molar-refractivity contribution in [2.45, 2.75) is 49.0 Å². The third-order valence-electron chi connectivity index (χ3n) is 16.3. The van der Waals surface area contributed by atoms with Crippen LogP contribution >= 0.6 is 7.81 Å². The van der Waals surface area contributed by atoms with E-state index < -0.39 is 28.3 Å². The van der Waals surface area contributed by atoms with E-state index in [1.165, 1.54) is 0 Å². The van der Waals surface area contributed by atoms with E-state index in [1.54, 1.807) is 49.6 Å². The number of hydrogen-bond acceptors (Lipinski definition) is 18. The first kappa shape index (κ1) is 117. The van der Waals surface area contributed by atoms with Crippen molar-refractivity contribution in [3.05, 3.63) is 434 Å². The van der Waals surface area contributed by atoms with Gasteiger partial charge in [0.25, 0.3) is 0 Å². The average molecular weight is 2010 g/mol. The molecular weight excluding hydrogens is 1930 g/mol. The van der Waals surface area contributed by atoms with E-state index in [1.807, 2.05) is 357 Å². The summed E-state index contributed by atoms with van der Waals surface area (Å²) in [6.45, 7) is 34.3. The van der Waals surface area contributed by atoms with E-state index in [4.69, 9.17) is 57.0 Å². The zero-order valence-corrected chi connectivity index (χ0v) is 76.5. The Hall–Kier alpha value is -12.2. The summed E-state index contributed by atoms with van der Waals surface area (Å²) in [6.07, 6.45) is 18.3. The van der Waals surface area contributed by atoms with Crippen LogP contribution in [0.3, 0.4) is 0 Å². The third kappa shape index (κ3) is 48.3. The standard InChI is InChI=1S/4C16H11N2.3C9H9N.C5H9N2.CH4.2ClHO4.F6P.4Ni/c4*1-3-10-17-15(8-1)13-6-5-7-14(12-13)16-9-2-4-11-18-16;3*1-7-5-4-6-8(2)9(7)10-3;1-6-3-4-7(2)5-6;;2*2-1(3,4)5;1-7(2,3,4,5)6;;;;/h4*1-11H;3*4-6H,1-2H3;3-5H,1-2H3;1H4;2*(H,2,3,4,5);;;;;/q4*-1;;;;-1;;;;-1;4*+2/p-2. The summed E-state index contributed by atoms with van der Waals surface area (Å²) in [4.78, 5) is 48.9. The van der Waals surface area contributed by atoms with E-state index in [0.717, 1.165) is 141 Å². The van der Waals surface area contributed by atoms with E-state index >= 15 is 0 Å². The summed E-state index contributed by atoms with van der Waals surface area (Å²) in [5.41, 5.74) is 24.1. The van der Waals surface area contributed by atoms with Gasteiger partial charge in [-0.05, 0) is 150 Å². The average Bonchev–Trinajstić information content (AvgIpc) is 1.54. The maximum Gasteiger partial charge on any atom is 2.00 e. The van der Waals surface area contributed by atoms with Crippen LogP contribution in [0.25, 0.3) is 105 Å². The van der Waals surface area contributed by atoms with E-state index in [2.05, 4.69) is 78.7 Å². The van der Waals surface area contributed by atoms with Crippen LogP contribution in [0.1, 0.15) is 40.8 Å². The smallest absolute Gasteiger partial charge is 0.295 e. The number of para-hydroxylation sites is 3. The van der Waals surface area contributed by atoms with Gasteiger partial charge in [-0.1, -0.05) is 204 Å². The van der Waals surface area contributed by atoms with Gasteiger partial charge in [-0.15, -0.1) is 118 Å². The van der Waals surface area contributed by atoms with Gasteiger partial charge in [0.15, 0.2) is 17.1 Å². The summed E-state index contributed by atoms with van der Waals surface area (Å²) in [5, 5.41) is 0. The van der Waals surface area contributed by atoms with Gasteiger partial charge in [-0.25, -0.2) is 51.8 Å². The molecule has 1 aliphatic rings. The molecule has 9 heterocycles. The molecule has 0 bridgehead atoms. The maximum absolute atomic E-state index is 10.7. The Morgan fingerprint density at radius 3 is 0.489 bits per heavy atom. The fourth-order valence-electron chi connectivity index (χ4n) is 10.8. The van der Waals surface area contributed by atoms with Crippen LogP contribution in [-0.2, 0) is 66.0 Å². The molecular formula is C97H84Cl2F6N13Ni4O8P. The molecule has 686 valence electrons. The van der Waals surface area contributed by atoms with Crippen molar-refractivity contribution in [2.24, 2.45) is 0 Å². The second-order valence-electron chi connectivity index (χ2n) is 26.1. The number of benzene rings is 7. The second kappa shape index (κ2) is 57.8. The summed E-state index contributed by atoms with van der Waals surface area (Å²) >= 11 is 0. The molecule has 131 heavy (non-hydrogen) atoms. The van der Waals surface area contributed by atoms with Crippen molar-refractivity contribution in [2.75, 3.05) is 14.1 Å². The SMILES string of the molecule is C.CN1C=CN(C)[CH-]1.F[P-](F)(F)(F)(F)F.[C-]#[N+]c1c(C)cccc1C.[C-]#[N+]c1c(C)cccc1C.[C-]#[N+]c1c(C)cccc1C.[Ni+2].[Ni+2].[Ni+2].[Ni+2].[O-][Cl+3]([O-])([O-])[O-].[O-][Cl+3]([O-])([O-])[O-].[c-]1c(-c2ccccn2)cccc1-c1ccccn1.[c-]1c(-c2ccccn2)cccc1-c1ccccn1.[c-]1c(-c2ccccn2)cccc1-c1ccccn1.[c-]1c(-c2ccccn2)cccc1-c1ccccn1. The van der Waals surface area contributed by atoms with Gasteiger partial charge in [-0.3, -0.25) is 39.9 Å². The molecule has 16 rings (SSSR count). The van der Waals surface area contributed by atoms with E-state index in [0.29, 0.717) is 0 Å². The first-order valence-electron chi connectivity index (χ1n) is 37.2. The first-order valence-corrected chi connectivity index (χ1v) is 41.7. The van der Waals surface area contributed by atoms with Crippen LogP contribution in [0.15, 0.2) is 335 Å². The molecule has 1 aliphatic heterocycles. The van der Waals surface area contributed by atoms with Crippen LogP contribution < -0.4 is 37.3 Å². The second-order valence-corrected chi connectivity index (χ2v) is 29.6. The minimum absolute atomic E-state index is 0. The molecule has 0 aliphatic carbocycles. The molecule has 21 nitrogen and oxygen atoms in total. The number of pyridine rings is 8. The van der Waals surface area contributed by atoms with Crippen LogP contribution in [0.2, 0.25) is 0 Å². The van der Waals surface area contributed by atoms with Crippen molar-refractivity contribution in [3.63, 3.8) is 0 Å². The molecule has 0 atom stereocenters. The van der Waals surface area contributed by atoms with Crippen molar-refractivity contribution in [1.82, 2.24) is 49.7 Å². The van der Waals surface area contributed by atoms with E-state index in [-0.39, 0.29) is 73.4 Å². The van der Waals surface area contributed by atoms with Crippen molar-refractivity contribution < 1.29 is 149 Å². The Morgan fingerprint density at radius 2 is 0.397 bits per heavy atom. The fraction of sp³-hybridized carbons (Fsp3) is 0.0928. The minimum atomic E-state index is -10.7. The Morgan fingerprint density at radius 1 is 0.267 bits per heavy atom. The maximum atomic E-state index is 9.87. The van der Waals surface area contributed by atoms with Crippen molar-refractivity contribution >= 4 is 24.9 Å². The Bertz CT molecular complexity index is 5070. The van der Waals surface area contributed by atoms with Gasteiger partial charge in [0.1, 0.15) is 0 Å². The molecule has 7 aromatic carbocycles. The first-order chi connectivity index (χ1) is 59.7. The quantitative estimate of drug-likeness (QED) is 0.0590. The van der Waals surface area contributed by atoms with Gasteiger partial charge in [-0.2, -0.15) is 6.67 Å². The van der Waals surface area contributed by atoms with Gasteiger partial charge in [0.2, 0.25) is 0 Å². The number of aromatic nitrogens is 8. The molecule has 34 heteroatoms. The molecule has 0 saturated carbocycles. The molecule has 0 spiro atoms. The molecule has 0 N–H and O–H groups in total. The number of rotatable bonds is 8. The summed E-state index contributed by atoms with van der Waals surface area (Å²) < 4.78 is 127. The molecule has 0 amide bonds. The fourth-order valence-corrected chi connectivity index (χ4v) is 10.8. The summed E-state index contributed by atoms with van der Waals surface area (Å²) in [5.74, 6) is 0. The minimum Gasteiger partial charge on any atom is -0.295 e. The third-order valence-corrected chi connectivity index (χ3v) is 16.3. The normalized spacial score (nSPS) is 10.8. The molecule has 0 radical (unpaired) electrons. The number of nitrogens with zero attached hydrogens (tertiary/aromatic N) is 13. The molecule has 15 aromatic rings. The molecule has 0 fully saturated rings. The van der Waals surface area contributed by atoms with Crippen LogP contribution in [-0.4, -0.2) is 63.8 Å². The zero-order valence-electron chi connectivity index (χ0n) is 70.1. The predicted octanol–water partition coefficient (Wildman–Crippen LogP) is 18.0. The van der Waals surface area contributed by atoms with Gasteiger partial charge < -0.3 is 9.80 Å². The van der Waals surface area contributed by atoms with Crippen molar-refractivity contribution in [3.8, 4) is 90.1 Å². The number of aryl methyl sites for hydroxylation is 6.